The standard InChI is InChI=1S/C14H21NO2/c1-11(2)13-10-12(6-5-9-17-15-3)7-8-14(13)16-4/h5-8,10-11,15H,9H2,1-4H3/b6-5+. The van der Waals surface area contributed by atoms with Gasteiger partial charge in [-0.1, -0.05) is 32.1 Å². The molecule has 94 valence electrons. The maximum absolute atomic E-state index is 5.35. The Bertz CT molecular complexity index is 372. The lowest BCUT2D eigenvalue weighted by Crippen LogP contribution is -2.06. The smallest absolute Gasteiger partial charge is 0.122 e. The van der Waals surface area contributed by atoms with E-state index in [4.69, 9.17) is 9.57 Å². The second-order valence-corrected chi connectivity index (χ2v) is 4.07. The summed E-state index contributed by atoms with van der Waals surface area (Å²) in [5.74, 6) is 1.40. The van der Waals surface area contributed by atoms with Gasteiger partial charge in [0.1, 0.15) is 5.75 Å². The van der Waals surface area contributed by atoms with Crippen LogP contribution in [-0.4, -0.2) is 20.8 Å². The van der Waals surface area contributed by atoms with Gasteiger partial charge in [0.05, 0.1) is 13.7 Å². The highest BCUT2D eigenvalue weighted by atomic mass is 16.6. The predicted octanol–water partition coefficient (Wildman–Crippen LogP) is 2.98. The van der Waals surface area contributed by atoms with Crippen molar-refractivity contribution in [2.75, 3.05) is 20.8 Å². The lowest BCUT2D eigenvalue weighted by molar-refractivity contribution is 0.0814. The van der Waals surface area contributed by atoms with Crippen molar-refractivity contribution < 1.29 is 9.57 Å². The largest absolute Gasteiger partial charge is 0.496 e. The van der Waals surface area contributed by atoms with Crippen LogP contribution in [0.2, 0.25) is 0 Å². The number of hydrogen-bond acceptors (Lipinski definition) is 3. The average molecular weight is 235 g/mol. The molecule has 3 heteroatoms. The SMILES string of the molecule is CNOC/C=C/c1ccc(OC)c(C(C)C)c1. The number of ether oxygens (including phenoxy) is 1. The van der Waals surface area contributed by atoms with E-state index in [1.54, 1.807) is 14.2 Å². The van der Waals surface area contributed by atoms with Crippen molar-refractivity contribution in [3.63, 3.8) is 0 Å². The average Bonchev–Trinajstić information content (AvgIpc) is 2.34. The number of methoxy groups -OCH3 is 1. The first-order valence-corrected chi connectivity index (χ1v) is 5.82. The third-order valence-electron chi connectivity index (χ3n) is 2.51. The molecule has 3 nitrogen and oxygen atoms in total. The van der Waals surface area contributed by atoms with Gasteiger partial charge < -0.3 is 4.74 Å². The topological polar surface area (TPSA) is 30.5 Å². The first-order valence-electron chi connectivity index (χ1n) is 5.82. The minimum Gasteiger partial charge on any atom is -0.496 e. The van der Waals surface area contributed by atoms with Crippen molar-refractivity contribution in [1.29, 1.82) is 0 Å². The van der Waals surface area contributed by atoms with Crippen molar-refractivity contribution in [1.82, 2.24) is 5.48 Å². The van der Waals surface area contributed by atoms with E-state index >= 15 is 0 Å². The molecular weight excluding hydrogens is 214 g/mol. The number of benzene rings is 1. The van der Waals surface area contributed by atoms with Gasteiger partial charge in [0.15, 0.2) is 0 Å². The van der Waals surface area contributed by atoms with E-state index in [-0.39, 0.29) is 0 Å². The molecule has 17 heavy (non-hydrogen) atoms. The van der Waals surface area contributed by atoms with Gasteiger partial charge in [0, 0.05) is 7.05 Å². The molecule has 0 unspecified atom stereocenters. The van der Waals surface area contributed by atoms with Crippen LogP contribution in [0.4, 0.5) is 0 Å². The van der Waals surface area contributed by atoms with E-state index in [1.807, 2.05) is 24.3 Å². The number of nitrogens with one attached hydrogen (secondary N) is 1. The Morgan fingerprint density at radius 2 is 2.12 bits per heavy atom. The summed E-state index contributed by atoms with van der Waals surface area (Å²) in [5.41, 5.74) is 5.02. The molecule has 0 bridgehead atoms. The Morgan fingerprint density at radius 1 is 1.35 bits per heavy atom. The molecule has 0 aliphatic rings. The van der Waals surface area contributed by atoms with E-state index < -0.39 is 0 Å². The van der Waals surface area contributed by atoms with Crippen molar-refractivity contribution in [3.05, 3.63) is 35.4 Å². The molecule has 0 radical (unpaired) electrons. The Kier molecular flexibility index (Phi) is 5.73. The Balaban J connectivity index is 2.81. The fourth-order valence-electron chi connectivity index (χ4n) is 1.62. The number of hydrogen-bond donors (Lipinski definition) is 1. The van der Waals surface area contributed by atoms with Crippen LogP contribution in [0, 0.1) is 0 Å². The zero-order valence-corrected chi connectivity index (χ0v) is 11.0. The third-order valence-corrected chi connectivity index (χ3v) is 2.51. The normalized spacial score (nSPS) is 11.4. The zero-order chi connectivity index (χ0) is 12.7. The van der Waals surface area contributed by atoms with Crippen molar-refractivity contribution >= 4 is 6.08 Å². The van der Waals surface area contributed by atoms with E-state index in [0.717, 1.165) is 11.3 Å². The first kappa shape index (κ1) is 13.7. The molecule has 1 rings (SSSR count). The molecule has 0 aromatic heterocycles. The molecule has 0 aliphatic carbocycles. The zero-order valence-electron chi connectivity index (χ0n) is 11.0. The highest BCUT2D eigenvalue weighted by Crippen LogP contribution is 2.27. The molecule has 1 aromatic rings. The number of rotatable bonds is 6. The summed E-state index contributed by atoms with van der Waals surface area (Å²) in [4.78, 5) is 5.02. The van der Waals surface area contributed by atoms with Crippen LogP contribution < -0.4 is 10.2 Å². The number of hydroxylamine groups is 1. The molecule has 0 saturated carbocycles. The highest BCUT2D eigenvalue weighted by molar-refractivity contribution is 5.54. The summed E-state index contributed by atoms with van der Waals surface area (Å²) >= 11 is 0. The molecule has 0 atom stereocenters. The summed E-state index contributed by atoms with van der Waals surface area (Å²) < 4.78 is 5.35. The van der Waals surface area contributed by atoms with Crippen LogP contribution in [0.1, 0.15) is 30.9 Å². The van der Waals surface area contributed by atoms with Crippen LogP contribution in [-0.2, 0) is 4.84 Å². The minimum absolute atomic E-state index is 0.451. The fourth-order valence-corrected chi connectivity index (χ4v) is 1.62. The summed E-state index contributed by atoms with van der Waals surface area (Å²) in [6.07, 6.45) is 4.02. The Labute approximate surface area is 103 Å². The van der Waals surface area contributed by atoms with Crippen molar-refractivity contribution in [2.24, 2.45) is 0 Å². The highest BCUT2D eigenvalue weighted by Gasteiger charge is 2.06. The van der Waals surface area contributed by atoms with Crippen molar-refractivity contribution in [3.8, 4) is 5.75 Å². The second-order valence-electron chi connectivity index (χ2n) is 4.07. The summed E-state index contributed by atoms with van der Waals surface area (Å²) in [6.45, 7) is 4.88. The Hall–Kier alpha value is -1.32. The maximum Gasteiger partial charge on any atom is 0.122 e. The van der Waals surface area contributed by atoms with Gasteiger partial charge in [0.2, 0.25) is 0 Å². The van der Waals surface area contributed by atoms with Crippen molar-refractivity contribution in [2.45, 2.75) is 19.8 Å². The molecule has 0 heterocycles. The maximum atomic E-state index is 5.35. The van der Waals surface area contributed by atoms with Gasteiger partial charge in [-0.15, -0.1) is 0 Å². The van der Waals surface area contributed by atoms with Crippen LogP contribution in [0.5, 0.6) is 5.75 Å². The van der Waals surface area contributed by atoms with Gasteiger partial charge in [-0.3, -0.25) is 4.84 Å². The second kappa shape index (κ2) is 7.09. The molecule has 0 spiro atoms. The predicted molar refractivity (Wildman–Crippen MR) is 71.1 cm³/mol. The molecule has 1 N–H and O–H groups in total. The van der Waals surface area contributed by atoms with E-state index in [2.05, 4.69) is 25.4 Å². The van der Waals surface area contributed by atoms with Gasteiger partial charge in [-0.25, -0.2) is 5.48 Å². The summed E-state index contributed by atoms with van der Waals surface area (Å²) in [7, 11) is 3.45. The van der Waals surface area contributed by atoms with Gasteiger partial charge in [-0.05, 0) is 29.2 Å². The summed E-state index contributed by atoms with van der Waals surface area (Å²) in [6, 6.07) is 6.20. The van der Waals surface area contributed by atoms with Crippen LogP contribution in [0.3, 0.4) is 0 Å². The molecule has 0 saturated heterocycles. The monoisotopic (exact) mass is 235 g/mol. The molecular formula is C14H21NO2. The van der Waals surface area contributed by atoms with Crippen LogP contribution in [0.25, 0.3) is 6.08 Å². The van der Waals surface area contributed by atoms with Gasteiger partial charge in [-0.2, -0.15) is 0 Å². The van der Waals surface area contributed by atoms with E-state index in [0.29, 0.717) is 12.5 Å². The first-order chi connectivity index (χ1) is 8.19. The molecule has 1 aromatic carbocycles. The van der Waals surface area contributed by atoms with Crippen LogP contribution in [0.15, 0.2) is 24.3 Å². The lowest BCUT2D eigenvalue weighted by Gasteiger charge is -2.12. The van der Waals surface area contributed by atoms with Gasteiger partial charge >= 0.3 is 0 Å². The Morgan fingerprint density at radius 3 is 2.71 bits per heavy atom. The summed E-state index contributed by atoms with van der Waals surface area (Å²) in [5, 5.41) is 0. The third kappa shape index (κ3) is 4.21. The fraction of sp³-hybridized carbons (Fsp3) is 0.429. The minimum atomic E-state index is 0.451. The van der Waals surface area contributed by atoms with E-state index in [1.165, 1.54) is 5.56 Å². The van der Waals surface area contributed by atoms with Gasteiger partial charge in [0.25, 0.3) is 0 Å². The molecule has 0 amide bonds. The lowest BCUT2D eigenvalue weighted by atomic mass is 9.99. The van der Waals surface area contributed by atoms with E-state index in [9.17, 15) is 0 Å². The quantitative estimate of drug-likeness (QED) is 0.607. The molecule has 0 aliphatic heterocycles. The molecule has 0 fully saturated rings. The van der Waals surface area contributed by atoms with Crippen LogP contribution >= 0.6 is 0 Å².